The molecular weight excluding hydrogens is 200 g/mol. The fraction of sp³-hybridized carbons (Fsp3) is 0.462. The van der Waals surface area contributed by atoms with E-state index >= 15 is 0 Å². The Morgan fingerprint density at radius 2 is 1.94 bits per heavy atom. The molecule has 0 fully saturated rings. The van der Waals surface area contributed by atoms with Gasteiger partial charge in [-0.1, -0.05) is 26.0 Å². The van der Waals surface area contributed by atoms with Crippen molar-refractivity contribution >= 4 is 11.6 Å². The summed E-state index contributed by atoms with van der Waals surface area (Å²) in [7, 11) is 0. The molecule has 0 radical (unpaired) electrons. The molecule has 1 atom stereocenters. The number of nitrogens with one attached hydrogen (secondary N) is 1. The number of anilines is 1. The van der Waals surface area contributed by atoms with Crippen molar-refractivity contribution in [2.75, 3.05) is 5.32 Å². The molecule has 0 spiro atoms. The van der Waals surface area contributed by atoms with Crippen LogP contribution in [0.15, 0.2) is 18.2 Å². The van der Waals surface area contributed by atoms with E-state index in [1.54, 1.807) is 0 Å². The molecule has 1 aromatic rings. The van der Waals surface area contributed by atoms with Crippen LogP contribution < -0.4 is 11.1 Å². The fourth-order valence-electron chi connectivity index (χ4n) is 1.39. The Kier molecular flexibility index (Phi) is 4.07. The van der Waals surface area contributed by atoms with Crippen LogP contribution in [0, 0.1) is 19.8 Å². The summed E-state index contributed by atoms with van der Waals surface area (Å²) in [6.07, 6.45) is 0. The Morgan fingerprint density at radius 3 is 2.50 bits per heavy atom. The molecule has 16 heavy (non-hydrogen) atoms. The number of nitrogens with two attached hydrogens (primary N) is 1. The lowest BCUT2D eigenvalue weighted by Gasteiger charge is -2.16. The van der Waals surface area contributed by atoms with Crippen molar-refractivity contribution in [3.05, 3.63) is 29.3 Å². The molecule has 0 aliphatic carbocycles. The van der Waals surface area contributed by atoms with E-state index in [1.807, 2.05) is 45.9 Å². The van der Waals surface area contributed by atoms with Gasteiger partial charge in [0.25, 0.3) is 0 Å². The van der Waals surface area contributed by atoms with Gasteiger partial charge in [-0.25, -0.2) is 0 Å². The van der Waals surface area contributed by atoms with Gasteiger partial charge in [-0.3, -0.25) is 4.79 Å². The predicted octanol–water partition coefficient (Wildman–Crippen LogP) is 2.23. The Bertz CT molecular complexity index is 386. The monoisotopic (exact) mass is 220 g/mol. The van der Waals surface area contributed by atoms with Crippen LogP contribution in [0.3, 0.4) is 0 Å². The minimum Gasteiger partial charge on any atom is -0.324 e. The molecule has 3 heteroatoms. The van der Waals surface area contributed by atoms with Gasteiger partial charge in [0.15, 0.2) is 0 Å². The highest BCUT2D eigenvalue weighted by Gasteiger charge is 2.17. The van der Waals surface area contributed by atoms with Crippen LogP contribution in [0.5, 0.6) is 0 Å². The van der Waals surface area contributed by atoms with Crippen molar-refractivity contribution in [1.82, 2.24) is 0 Å². The SMILES string of the molecule is Cc1ccc(C)c(NC(=O)[C@H](N)C(C)C)c1. The van der Waals surface area contributed by atoms with Gasteiger partial charge in [-0.05, 0) is 37.0 Å². The Balaban J connectivity index is 2.80. The molecular formula is C13H20N2O. The van der Waals surface area contributed by atoms with Crippen molar-refractivity contribution in [2.45, 2.75) is 33.7 Å². The minimum atomic E-state index is -0.458. The molecule has 1 aromatic carbocycles. The summed E-state index contributed by atoms with van der Waals surface area (Å²) >= 11 is 0. The smallest absolute Gasteiger partial charge is 0.241 e. The summed E-state index contributed by atoms with van der Waals surface area (Å²) in [5.41, 5.74) is 8.81. The first-order valence-electron chi connectivity index (χ1n) is 5.55. The van der Waals surface area contributed by atoms with Gasteiger partial charge in [0, 0.05) is 5.69 Å². The first-order valence-corrected chi connectivity index (χ1v) is 5.55. The van der Waals surface area contributed by atoms with Gasteiger partial charge in [0.1, 0.15) is 0 Å². The highest BCUT2D eigenvalue weighted by atomic mass is 16.2. The maximum absolute atomic E-state index is 11.8. The second-order valence-corrected chi connectivity index (χ2v) is 4.58. The largest absolute Gasteiger partial charge is 0.324 e. The summed E-state index contributed by atoms with van der Waals surface area (Å²) in [5, 5.41) is 2.87. The van der Waals surface area contributed by atoms with Crippen molar-refractivity contribution in [2.24, 2.45) is 11.7 Å². The number of carbonyl (C=O) groups is 1. The molecule has 0 aromatic heterocycles. The first-order chi connectivity index (χ1) is 7.41. The van der Waals surface area contributed by atoms with E-state index < -0.39 is 6.04 Å². The van der Waals surface area contributed by atoms with Crippen LogP contribution in [0.25, 0.3) is 0 Å². The van der Waals surface area contributed by atoms with Crippen LogP contribution >= 0.6 is 0 Å². The molecule has 0 heterocycles. The second kappa shape index (κ2) is 5.12. The number of hydrogen-bond donors (Lipinski definition) is 2. The number of carbonyl (C=O) groups excluding carboxylic acids is 1. The van der Waals surface area contributed by atoms with Gasteiger partial charge >= 0.3 is 0 Å². The van der Waals surface area contributed by atoms with Crippen molar-refractivity contribution in [1.29, 1.82) is 0 Å². The molecule has 0 saturated carbocycles. The first kappa shape index (κ1) is 12.7. The zero-order chi connectivity index (χ0) is 12.3. The van der Waals surface area contributed by atoms with Gasteiger partial charge in [0.05, 0.1) is 6.04 Å². The molecule has 0 unspecified atom stereocenters. The highest BCUT2D eigenvalue weighted by Crippen LogP contribution is 2.16. The van der Waals surface area contributed by atoms with Crippen LogP contribution in [0.2, 0.25) is 0 Å². The van der Waals surface area contributed by atoms with E-state index in [2.05, 4.69) is 5.32 Å². The zero-order valence-electron chi connectivity index (χ0n) is 10.4. The Labute approximate surface area is 97.0 Å². The van der Waals surface area contributed by atoms with E-state index in [4.69, 9.17) is 5.73 Å². The topological polar surface area (TPSA) is 55.1 Å². The minimum absolute atomic E-state index is 0.122. The molecule has 1 amide bonds. The van der Waals surface area contributed by atoms with Gasteiger partial charge in [-0.15, -0.1) is 0 Å². The van der Waals surface area contributed by atoms with Crippen molar-refractivity contribution in [3.8, 4) is 0 Å². The van der Waals surface area contributed by atoms with E-state index in [0.717, 1.165) is 16.8 Å². The molecule has 0 saturated heterocycles. The standard InChI is InChI=1S/C13H20N2O/c1-8(2)12(14)13(16)15-11-7-9(3)5-6-10(11)4/h5-8,12H,14H2,1-4H3,(H,15,16)/t12-/m1/s1. The lowest BCUT2D eigenvalue weighted by molar-refractivity contribution is -0.118. The normalized spacial score (nSPS) is 12.6. The van der Waals surface area contributed by atoms with Crippen LogP contribution in [0.1, 0.15) is 25.0 Å². The molecule has 1 rings (SSSR count). The average molecular weight is 220 g/mol. The predicted molar refractivity (Wildman–Crippen MR) is 67.4 cm³/mol. The van der Waals surface area contributed by atoms with Gasteiger partial charge in [-0.2, -0.15) is 0 Å². The second-order valence-electron chi connectivity index (χ2n) is 4.58. The zero-order valence-corrected chi connectivity index (χ0v) is 10.4. The molecule has 0 aliphatic heterocycles. The van der Waals surface area contributed by atoms with E-state index in [1.165, 1.54) is 0 Å². The molecule has 3 nitrogen and oxygen atoms in total. The number of hydrogen-bond acceptors (Lipinski definition) is 2. The summed E-state index contributed by atoms with van der Waals surface area (Å²) in [4.78, 5) is 11.8. The highest BCUT2D eigenvalue weighted by molar-refractivity contribution is 5.95. The van der Waals surface area contributed by atoms with Crippen LogP contribution in [-0.2, 0) is 4.79 Å². The maximum atomic E-state index is 11.8. The van der Waals surface area contributed by atoms with E-state index in [9.17, 15) is 4.79 Å². The van der Waals surface area contributed by atoms with E-state index in [-0.39, 0.29) is 11.8 Å². The summed E-state index contributed by atoms with van der Waals surface area (Å²) < 4.78 is 0. The maximum Gasteiger partial charge on any atom is 0.241 e. The quantitative estimate of drug-likeness (QED) is 0.820. The molecule has 3 N–H and O–H groups in total. The number of amides is 1. The lowest BCUT2D eigenvalue weighted by Crippen LogP contribution is -2.39. The Hall–Kier alpha value is -1.35. The van der Waals surface area contributed by atoms with Crippen LogP contribution in [-0.4, -0.2) is 11.9 Å². The fourth-order valence-corrected chi connectivity index (χ4v) is 1.39. The lowest BCUT2D eigenvalue weighted by atomic mass is 10.0. The van der Waals surface area contributed by atoms with Gasteiger partial charge < -0.3 is 11.1 Å². The summed E-state index contributed by atoms with van der Waals surface area (Å²) in [6, 6.07) is 5.51. The van der Waals surface area contributed by atoms with Crippen LogP contribution in [0.4, 0.5) is 5.69 Å². The third-order valence-electron chi connectivity index (χ3n) is 2.67. The van der Waals surface area contributed by atoms with Gasteiger partial charge in [0.2, 0.25) is 5.91 Å². The molecule has 0 bridgehead atoms. The van der Waals surface area contributed by atoms with Crippen molar-refractivity contribution in [3.63, 3.8) is 0 Å². The number of benzene rings is 1. The Morgan fingerprint density at radius 1 is 1.31 bits per heavy atom. The number of rotatable bonds is 3. The summed E-state index contributed by atoms with van der Waals surface area (Å²) in [6.45, 7) is 7.84. The van der Waals surface area contributed by atoms with Crippen molar-refractivity contribution < 1.29 is 4.79 Å². The third kappa shape index (κ3) is 3.07. The average Bonchev–Trinajstić information content (AvgIpc) is 2.22. The molecule has 88 valence electrons. The number of aryl methyl sites for hydroxylation is 2. The third-order valence-corrected chi connectivity index (χ3v) is 2.67. The summed E-state index contributed by atoms with van der Waals surface area (Å²) in [5.74, 6) is 0.0221. The van der Waals surface area contributed by atoms with E-state index in [0.29, 0.717) is 0 Å². The molecule has 0 aliphatic rings.